The van der Waals surface area contributed by atoms with Gasteiger partial charge in [-0.25, -0.2) is 0 Å². The van der Waals surface area contributed by atoms with Crippen molar-refractivity contribution in [1.82, 2.24) is 9.47 Å². The number of carbonyl (C=O) groups is 2. The van der Waals surface area contributed by atoms with Crippen molar-refractivity contribution >= 4 is 29.0 Å². The van der Waals surface area contributed by atoms with Crippen molar-refractivity contribution in [3.05, 3.63) is 28.9 Å². The summed E-state index contributed by atoms with van der Waals surface area (Å²) in [4.78, 5) is 24.4. The summed E-state index contributed by atoms with van der Waals surface area (Å²) in [6, 6.07) is 3.78. The fraction of sp³-hybridized carbons (Fsp3) is 0.200. The van der Waals surface area contributed by atoms with Crippen molar-refractivity contribution < 1.29 is 9.59 Å². The zero-order valence-corrected chi connectivity index (χ0v) is 9.25. The van der Waals surface area contributed by atoms with E-state index >= 15 is 0 Å². The third-order valence-electron chi connectivity index (χ3n) is 2.25. The van der Waals surface area contributed by atoms with Crippen LogP contribution in [0.5, 0.6) is 0 Å². The van der Waals surface area contributed by atoms with Gasteiger partial charge < -0.3 is 4.57 Å². The van der Waals surface area contributed by atoms with E-state index in [4.69, 9.17) is 0 Å². The Bertz CT molecular complexity index is 462. The van der Waals surface area contributed by atoms with Gasteiger partial charge >= 0.3 is 0 Å². The summed E-state index contributed by atoms with van der Waals surface area (Å²) < 4.78 is 1.89. The number of carbonyl (C=O) groups excluding carboxylic acids is 2. The molecule has 2 amide bonds. The quantitative estimate of drug-likeness (QED) is 0.679. The van der Waals surface area contributed by atoms with Crippen LogP contribution in [0.4, 0.5) is 4.79 Å². The molecule has 78 valence electrons. The summed E-state index contributed by atoms with van der Waals surface area (Å²) in [5, 5.41) is -0.222. The third-order valence-corrected chi connectivity index (χ3v) is 3.21. The molecule has 1 aliphatic heterocycles. The molecule has 0 bridgehead atoms. The smallest absolute Gasteiger partial charge is 0.293 e. The molecule has 0 aromatic carbocycles. The van der Waals surface area contributed by atoms with Crippen LogP contribution in [-0.4, -0.2) is 27.7 Å². The first kappa shape index (κ1) is 10.0. The number of aryl methyl sites for hydroxylation is 1. The lowest BCUT2D eigenvalue weighted by Crippen LogP contribution is -2.22. The van der Waals surface area contributed by atoms with Crippen LogP contribution in [0, 0.1) is 0 Å². The second kappa shape index (κ2) is 3.58. The van der Waals surface area contributed by atoms with Gasteiger partial charge in [0.25, 0.3) is 11.1 Å². The molecule has 1 fully saturated rings. The number of hydrogen-bond donors (Lipinski definition) is 0. The first-order valence-electron chi connectivity index (χ1n) is 4.42. The fourth-order valence-corrected chi connectivity index (χ4v) is 2.12. The minimum absolute atomic E-state index is 0.222. The number of hydrogen-bond acceptors (Lipinski definition) is 3. The summed E-state index contributed by atoms with van der Waals surface area (Å²) in [5.74, 6) is -0.230. The summed E-state index contributed by atoms with van der Waals surface area (Å²) in [6.45, 7) is 0. The van der Waals surface area contributed by atoms with Crippen LogP contribution in [0.25, 0.3) is 6.08 Å². The van der Waals surface area contributed by atoms with Crippen LogP contribution in [0.1, 0.15) is 5.69 Å². The molecule has 1 aliphatic rings. The average molecular weight is 222 g/mol. The molecule has 1 aromatic heterocycles. The lowest BCUT2D eigenvalue weighted by Gasteiger charge is -2.01. The fourth-order valence-electron chi connectivity index (χ4n) is 1.30. The molecule has 0 atom stereocenters. The van der Waals surface area contributed by atoms with Crippen molar-refractivity contribution in [1.29, 1.82) is 0 Å². The summed E-state index contributed by atoms with van der Waals surface area (Å²) in [7, 11) is 3.38. The van der Waals surface area contributed by atoms with Crippen molar-refractivity contribution in [2.45, 2.75) is 0 Å². The second-order valence-electron chi connectivity index (χ2n) is 3.28. The molecule has 2 heterocycles. The lowest BCUT2D eigenvalue weighted by atomic mass is 10.3. The Balaban J connectivity index is 2.34. The Morgan fingerprint density at radius 1 is 1.33 bits per heavy atom. The molecule has 4 nitrogen and oxygen atoms in total. The van der Waals surface area contributed by atoms with Gasteiger partial charge in [-0.1, -0.05) is 0 Å². The van der Waals surface area contributed by atoms with Crippen LogP contribution in [-0.2, 0) is 11.8 Å². The zero-order chi connectivity index (χ0) is 11.0. The van der Waals surface area contributed by atoms with Crippen LogP contribution in [0.2, 0.25) is 0 Å². The minimum atomic E-state index is -0.230. The maximum Gasteiger partial charge on any atom is 0.293 e. The molecular formula is C10H10N2O2S. The normalized spacial score (nSPS) is 19.3. The van der Waals surface area contributed by atoms with Crippen LogP contribution >= 0.6 is 11.8 Å². The Kier molecular flexibility index (Phi) is 2.40. The first-order valence-corrected chi connectivity index (χ1v) is 5.24. The van der Waals surface area contributed by atoms with Gasteiger partial charge in [0.1, 0.15) is 0 Å². The van der Waals surface area contributed by atoms with Crippen LogP contribution in [0.15, 0.2) is 23.2 Å². The molecule has 0 N–H and O–H groups in total. The van der Waals surface area contributed by atoms with Crippen molar-refractivity contribution in [3.63, 3.8) is 0 Å². The van der Waals surface area contributed by atoms with Gasteiger partial charge in [-0.05, 0) is 30.0 Å². The van der Waals surface area contributed by atoms with Gasteiger partial charge in [-0.15, -0.1) is 0 Å². The predicted octanol–water partition coefficient (Wildman–Crippen LogP) is 1.69. The Morgan fingerprint density at radius 3 is 2.53 bits per heavy atom. The molecule has 5 heteroatoms. The Morgan fingerprint density at radius 2 is 2.07 bits per heavy atom. The maximum atomic E-state index is 11.6. The predicted molar refractivity (Wildman–Crippen MR) is 59.1 cm³/mol. The van der Waals surface area contributed by atoms with E-state index in [1.807, 2.05) is 29.9 Å². The Hall–Kier alpha value is -1.49. The standard InChI is InChI=1S/C10H10N2O2S/c1-11-5-3-4-7(11)6-8-9(13)12(2)10(14)15-8/h3-6H,1-2H3/b8-6-. The molecule has 1 aromatic rings. The van der Waals surface area contributed by atoms with E-state index in [0.29, 0.717) is 4.91 Å². The molecule has 0 spiro atoms. The first-order chi connectivity index (χ1) is 7.09. The monoisotopic (exact) mass is 222 g/mol. The summed E-state index contributed by atoms with van der Waals surface area (Å²) in [5.41, 5.74) is 0.911. The Labute approximate surface area is 91.6 Å². The molecule has 1 saturated heterocycles. The van der Waals surface area contributed by atoms with E-state index in [1.165, 1.54) is 7.05 Å². The largest absolute Gasteiger partial charge is 0.351 e. The molecular weight excluding hydrogens is 212 g/mol. The van der Waals surface area contributed by atoms with E-state index in [-0.39, 0.29) is 11.1 Å². The van der Waals surface area contributed by atoms with Gasteiger partial charge in [0, 0.05) is 26.0 Å². The molecule has 15 heavy (non-hydrogen) atoms. The molecule has 0 unspecified atom stereocenters. The summed E-state index contributed by atoms with van der Waals surface area (Å²) >= 11 is 0.974. The van der Waals surface area contributed by atoms with Gasteiger partial charge in [0.15, 0.2) is 0 Å². The van der Waals surface area contributed by atoms with E-state index in [0.717, 1.165) is 22.4 Å². The number of rotatable bonds is 1. The molecule has 0 radical (unpaired) electrons. The SMILES string of the molecule is CN1C(=O)S/C(=C\c2cccn2C)C1=O. The maximum absolute atomic E-state index is 11.6. The highest BCUT2D eigenvalue weighted by Crippen LogP contribution is 2.30. The van der Waals surface area contributed by atoms with E-state index in [9.17, 15) is 9.59 Å². The zero-order valence-electron chi connectivity index (χ0n) is 8.43. The van der Waals surface area contributed by atoms with E-state index < -0.39 is 0 Å². The number of likely N-dealkylation sites (N-methyl/N-ethyl adjacent to an activating group) is 1. The number of amides is 2. The van der Waals surface area contributed by atoms with E-state index in [1.54, 1.807) is 6.08 Å². The van der Waals surface area contributed by atoms with Gasteiger partial charge in [0.2, 0.25) is 0 Å². The highest BCUT2D eigenvalue weighted by Gasteiger charge is 2.31. The van der Waals surface area contributed by atoms with Crippen LogP contribution < -0.4 is 0 Å². The third kappa shape index (κ3) is 1.70. The topological polar surface area (TPSA) is 42.3 Å². The van der Waals surface area contributed by atoms with Crippen LogP contribution in [0.3, 0.4) is 0 Å². The lowest BCUT2D eigenvalue weighted by molar-refractivity contribution is -0.121. The highest BCUT2D eigenvalue weighted by molar-refractivity contribution is 8.18. The minimum Gasteiger partial charge on any atom is -0.351 e. The number of nitrogens with zero attached hydrogens (tertiary/aromatic N) is 2. The molecule has 2 rings (SSSR count). The summed E-state index contributed by atoms with van der Waals surface area (Å²) in [6.07, 6.45) is 3.62. The highest BCUT2D eigenvalue weighted by atomic mass is 32.2. The number of aromatic nitrogens is 1. The van der Waals surface area contributed by atoms with Crippen molar-refractivity contribution in [2.24, 2.45) is 7.05 Å². The number of thioether (sulfide) groups is 1. The van der Waals surface area contributed by atoms with Gasteiger partial charge in [-0.3, -0.25) is 14.5 Å². The second-order valence-corrected chi connectivity index (χ2v) is 4.28. The van der Waals surface area contributed by atoms with Gasteiger partial charge in [-0.2, -0.15) is 0 Å². The van der Waals surface area contributed by atoms with Crippen molar-refractivity contribution in [3.8, 4) is 0 Å². The average Bonchev–Trinajstić information content (AvgIpc) is 2.69. The van der Waals surface area contributed by atoms with E-state index in [2.05, 4.69) is 0 Å². The number of imide groups is 1. The molecule has 0 saturated carbocycles. The van der Waals surface area contributed by atoms with Crippen molar-refractivity contribution in [2.75, 3.05) is 7.05 Å². The van der Waals surface area contributed by atoms with Gasteiger partial charge in [0.05, 0.1) is 4.91 Å². The molecule has 0 aliphatic carbocycles.